The molecule has 0 bridgehead atoms. The van der Waals surface area contributed by atoms with Crippen molar-refractivity contribution in [2.75, 3.05) is 57.5 Å². The molecule has 2 aromatic rings. The molecule has 1 aromatic heterocycles. The average Bonchev–Trinajstić information content (AvgIpc) is 3.05. The summed E-state index contributed by atoms with van der Waals surface area (Å²) in [7, 11) is 0. The first kappa shape index (κ1) is 30.2. The number of hydrogen-bond donors (Lipinski definition) is 0. The molecule has 4 heterocycles. The zero-order valence-electron chi connectivity index (χ0n) is 25.0. The van der Waals surface area contributed by atoms with E-state index in [0.29, 0.717) is 38.7 Å². The van der Waals surface area contributed by atoms with Crippen LogP contribution in [0.5, 0.6) is 11.5 Å². The van der Waals surface area contributed by atoms with Crippen LogP contribution in [0.1, 0.15) is 51.9 Å². The van der Waals surface area contributed by atoms with Gasteiger partial charge in [-0.2, -0.15) is 0 Å². The van der Waals surface area contributed by atoms with Crippen LogP contribution in [0.4, 0.5) is 15.0 Å². The molecule has 1 atom stereocenters. The second kappa shape index (κ2) is 11.4. The third kappa shape index (κ3) is 5.68. The van der Waals surface area contributed by atoms with E-state index in [1.165, 1.54) is 6.07 Å². The number of halogens is 2. The number of benzene rings is 1. The predicted octanol–water partition coefficient (Wildman–Crippen LogP) is 5.01. The SMILES string of the molecule is CCOc1cccc(F)c1-c1nc(N2CCOCC2(C)C)c2c(c1Cl)OC[C@H]1CN(C(=O)OC(C)(C)C)CCN1C2=O. The lowest BCUT2D eigenvalue weighted by molar-refractivity contribution is 0.000941. The first-order valence-corrected chi connectivity index (χ1v) is 14.6. The van der Waals surface area contributed by atoms with Crippen LogP contribution in [0.3, 0.4) is 0 Å². The zero-order chi connectivity index (χ0) is 30.4. The lowest BCUT2D eigenvalue weighted by Crippen LogP contribution is -2.58. The molecule has 1 aromatic carbocycles. The lowest BCUT2D eigenvalue weighted by atomic mass is 9.99. The molecule has 0 N–H and O–H groups in total. The van der Waals surface area contributed by atoms with Gasteiger partial charge in [-0.05, 0) is 53.7 Å². The standard InChI is InChI=1S/C30H38ClFN4O6/c1-7-40-20-10-8-9-19(32)21(20)24-23(31)25-22(26(33-24)36-13-14-39-17-30(36,5)6)27(37)35-12-11-34(15-18(35)16-41-25)28(38)42-29(2,3)4/h8-10,18H,7,11-17H2,1-6H3/t18-/m1/s1. The summed E-state index contributed by atoms with van der Waals surface area (Å²) in [4.78, 5) is 37.4. The van der Waals surface area contributed by atoms with E-state index in [1.54, 1.807) is 28.9 Å². The second-order valence-electron chi connectivity index (χ2n) is 12.3. The van der Waals surface area contributed by atoms with Crippen LogP contribution >= 0.6 is 11.6 Å². The van der Waals surface area contributed by atoms with E-state index in [4.69, 9.17) is 35.5 Å². The molecule has 0 spiro atoms. The Morgan fingerprint density at radius 2 is 1.98 bits per heavy atom. The van der Waals surface area contributed by atoms with Crippen LogP contribution in [-0.2, 0) is 9.47 Å². The molecule has 3 aliphatic rings. The van der Waals surface area contributed by atoms with Crippen molar-refractivity contribution >= 4 is 29.4 Å². The van der Waals surface area contributed by atoms with Gasteiger partial charge in [-0.15, -0.1) is 0 Å². The largest absolute Gasteiger partial charge is 0.493 e. The molecule has 3 aliphatic heterocycles. The van der Waals surface area contributed by atoms with E-state index in [0.717, 1.165) is 0 Å². The van der Waals surface area contributed by atoms with Gasteiger partial charge in [-0.1, -0.05) is 17.7 Å². The van der Waals surface area contributed by atoms with Gasteiger partial charge in [0.1, 0.15) is 45.9 Å². The normalized spacial score (nSPS) is 20.3. The van der Waals surface area contributed by atoms with Crippen molar-refractivity contribution in [1.29, 1.82) is 0 Å². The Bertz CT molecular complexity index is 1380. The van der Waals surface area contributed by atoms with Gasteiger partial charge in [0, 0.05) is 26.2 Å². The number of fused-ring (bicyclic) bond motifs is 2. The van der Waals surface area contributed by atoms with E-state index in [1.807, 2.05) is 39.5 Å². The van der Waals surface area contributed by atoms with Crippen LogP contribution in [0, 0.1) is 5.82 Å². The number of pyridine rings is 1. The van der Waals surface area contributed by atoms with E-state index in [9.17, 15) is 9.59 Å². The smallest absolute Gasteiger partial charge is 0.410 e. The van der Waals surface area contributed by atoms with Gasteiger partial charge in [0.05, 0.1) is 37.0 Å². The van der Waals surface area contributed by atoms with Crippen LogP contribution in [-0.4, -0.2) is 96.6 Å². The number of piperazine rings is 1. The Hall–Kier alpha value is -3.31. The average molecular weight is 605 g/mol. The van der Waals surface area contributed by atoms with Crippen LogP contribution in [0.15, 0.2) is 18.2 Å². The zero-order valence-corrected chi connectivity index (χ0v) is 25.7. The highest BCUT2D eigenvalue weighted by molar-refractivity contribution is 6.35. The summed E-state index contributed by atoms with van der Waals surface area (Å²) in [5.41, 5.74) is -0.765. The predicted molar refractivity (Wildman–Crippen MR) is 156 cm³/mol. The molecule has 0 saturated carbocycles. The number of carbonyl (C=O) groups excluding carboxylic acids is 2. The summed E-state index contributed by atoms with van der Waals surface area (Å²) in [5.74, 6) is -0.123. The Morgan fingerprint density at radius 3 is 2.67 bits per heavy atom. The summed E-state index contributed by atoms with van der Waals surface area (Å²) >= 11 is 6.97. The Morgan fingerprint density at radius 1 is 1.21 bits per heavy atom. The number of amides is 2. The Balaban J connectivity index is 1.63. The summed E-state index contributed by atoms with van der Waals surface area (Å²) in [6.45, 7) is 13.7. The van der Waals surface area contributed by atoms with Gasteiger partial charge in [-0.3, -0.25) is 4.79 Å². The maximum Gasteiger partial charge on any atom is 0.410 e. The summed E-state index contributed by atoms with van der Waals surface area (Å²) < 4.78 is 38.8. The quantitative estimate of drug-likeness (QED) is 0.481. The topological polar surface area (TPSA) is 93.7 Å². The van der Waals surface area contributed by atoms with Crippen molar-refractivity contribution in [2.45, 2.75) is 58.7 Å². The maximum absolute atomic E-state index is 15.5. The van der Waals surface area contributed by atoms with Gasteiger partial charge >= 0.3 is 6.09 Å². The second-order valence-corrected chi connectivity index (χ2v) is 12.6. The molecule has 42 heavy (non-hydrogen) atoms. The van der Waals surface area contributed by atoms with Gasteiger partial charge in [0.2, 0.25) is 0 Å². The van der Waals surface area contributed by atoms with Crippen molar-refractivity contribution in [1.82, 2.24) is 14.8 Å². The molecule has 2 saturated heterocycles. The lowest BCUT2D eigenvalue weighted by Gasteiger charge is -2.44. The number of morpholine rings is 1. The molecule has 2 amide bonds. The maximum atomic E-state index is 15.5. The minimum absolute atomic E-state index is 0.0167. The van der Waals surface area contributed by atoms with Crippen LogP contribution in [0.25, 0.3) is 11.3 Å². The number of carbonyl (C=O) groups is 2. The Labute approximate surface area is 250 Å². The third-order valence-corrected chi connectivity index (χ3v) is 7.87. The molecular weight excluding hydrogens is 567 g/mol. The molecule has 5 rings (SSSR count). The first-order chi connectivity index (χ1) is 19.8. The van der Waals surface area contributed by atoms with Crippen molar-refractivity contribution < 1.29 is 32.9 Å². The highest BCUT2D eigenvalue weighted by Gasteiger charge is 2.44. The van der Waals surface area contributed by atoms with Gasteiger partial charge < -0.3 is 33.6 Å². The van der Waals surface area contributed by atoms with Crippen molar-refractivity contribution in [3.63, 3.8) is 0 Å². The molecular formula is C30H38ClFN4O6. The molecule has 0 aliphatic carbocycles. The van der Waals surface area contributed by atoms with Gasteiger partial charge in [0.15, 0.2) is 5.75 Å². The van der Waals surface area contributed by atoms with Crippen LogP contribution in [0.2, 0.25) is 5.02 Å². The van der Waals surface area contributed by atoms with Gasteiger partial charge in [0.25, 0.3) is 5.91 Å². The number of aromatic nitrogens is 1. The number of nitrogens with zero attached hydrogens (tertiary/aromatic N) is 4. The molecule has 0 radical (unpaired) electrons. The minimum Gasteiger partial charge on any atom is -0.493 e. The van der Waals surface area contributed by atoms with Crippen molar-refractivity contribution in [2.24, 2.45) is 0 Å². The minimum atomic E-state index is -0.650. The van der Waals surface area contributed by atoms with Crippen LogP contribution < -0.4 is 14.4 Å². The fourth-order valence-electron chi connectivity index (χ4n) is 5.56. The summed E-state index contributed by atoms with van der Waals surface area (Å²) in [6, 6.07) is 4.07. The van der Waals surface area contributed by atoms with Crippen molar-refractivity contribution in [3.8, 4) is 22.8 Å². The number of ether oxygens (including phenoxy) is 4. The monoisotopic (exact) mass is 604 g/mol. The number of anilines is 1. The molecule has 228 valence electrons. The molecule has 10 nitrogen and oxygen atoms in total. The van der Waals surface area contributed by atoms with E-state index < -0.39 is 29.1 Å². The van der Waals surface area contributed by atoms with Crippen molar-refractivity contribution in [3.05, 3.63) is 34.6 Å². The fraction of sp³-hybridized carbons (Fsp3) is 0.567. The molecule has 0 unspecified atom stereocenters. The highest BCUT2D eigenvalue weighted by Crippen LogP contribution is 2.47. The van der Waals surface area contributed by atoms with E-state index in [-0.39, 0.29) is 58.9 Å². The molecule has 12 heteroatoms. The summed E-state index contributed by atoms with van der Waals surface area (Å²) in [5, 5.41) is 0.0167. The summed E-state index contributed by atoms with van der Waals surface area (Å²) in [6.07, 6.45) is -0.447. The Kier molecular flexibility index (Phi) is 8.19. The number of rotatable bonds is 4. The first-order valence-electron chi connectivity index (χ1n) is 14.2. The highest BCUT2D eigenvalue weighted by atomic mass is 35.5. The van der Waals surface area contributed by atoms with E-state index >= 15 is 4.39 Å². The van der Waals surface area contributed by atoms with E-state index in [2.05, 4.69) is 0 Å². The molecule has 2 fully saturated rings. The third-order valence-electron chi connectivity index (χ3n) is 7.52. The number of hydrogen-bond acceptors (Lipinski definition) is 8. The fourth-order valence-corrected chi connectivity index (χ4v) is 5.85. The van der Waals surface area contributed by atoms with Gasteiger partial charge in [-0.25, -0.2) is 14.2 Å².